The van der Waals surface area contributed by atoms with Crippen LogP contribution >= 0.6 is 23.4 Å². The number of aromatic nitrogens is 2. The largest absolute Gasteiger partial charge is 0.268 e. The van der Waals surface area contributed by atoms with Gasteiger partial charge < -0.3 is 0 Å². The maximum Gasteiger partial charge on any atom is 0.266 e. The topological polar surface area (TPSA) is 72.0 Å². The van der Waals surface area contributed by atoms with Gasteiger partial charge in [0.15, 0.2) is 0 Å². The Morgan fingerprint density at radius 1 is 0.897 bits per heavy atom. The Hall–Kier alpha value is -4.33. The SMILES string of the molecule is C/C(=N\N=C1\N=C(c2ccccc2)CS1)c1ccc(-n2c(-c3ccccc3Cl)nc3ccccc3c2=O)cc1. The molecule has 1 aliphatic rings. The van der Waals surface area contributed by atoms with E-state index in [1.165, 1.54) is 0 Å². The molecule has 0 amide bonds. The van der Waals surface area contributed by atoms with Crippen molar-refractivity contribution in [2.24, 2.45) is 15.2 Å². The monoisotopic (exact) mass is 547 g/mol. The molecule has 2 heterocycles. The molecule has 190 valence electrons. The van der Waals surface area contributed by atoms with Crippen molar-refractivity contribution in [3.8, 4) is 17.1 Å². The lowest BCUT2D eigenvalue weighted by molar-refractivity contribution is 0.975. The van der Waals surface area contributed by atoms with Crippen LogP contribution in [0.1, 0.15) is 18.1 Å². The number of halogens is 1. The first-order valence-corrected chi connectivity index (χ1v) is 13.7. The second kappa shape index (κ2) is 10.8. The van der Waals surface area contributed by atoms with Gasteiger partial charge in [0.2, 0.25) is 5.17 Å². The lowest BCUT2D eigenvalue weighted by atomic mass is 10.1. The number of amidine groups is 1. The second-order valence-electron chi connectivity index (χ2n) is 8.90. The fourth-order valence-corrected chi connectivity index (χ4v) is 5.36. The number of thioether (sulfide) groups is 1. The minimum absolute atomic E-state index is 0.162. The van der Waals surface area contributed by atoms with E-state index in [4.69, 9.17) is 16.6 Å². The predicted octanol–water partition coefficient (Wildman–Crippen LogP) is 7.02. The molecule has 0 saturated heterocycles. The summed E-state index contributed by atoms with van der Waals surface area (Å²) in [6.45, 7) is 1.90. The van der Waals surface area contributed by atoms with Gasteiger partial charge in [0.1, 0.15) is 5.82 Å². The molecule has 0 fully saturated rings. The Kier molecular flexibility index (Phi) is 6.92. The van der Waals surface area contributed by atoms with E-state index >= 15 is 0 Å². The highest BCUT2D eigenvalue weighted by molar-refractivity contribution is 8.15. The molecule has 0 N–H and O–H groups in total. The number of nitrogens with zero attached hydrogens (tertiary/aromatic N) is 5. The van der Waals surface area contributed by atoms with E-state index in [1.54, 1.807) is 28.5 Å². The molecule has 0 atom stereocenters. The molecular formula is C31H22ClN5OS. The van der Waals surface area contributed by atoms with Crippen LogP contribution in [0.25, 0.3) is 28.0 Å². The molecule has 1 aromatic heterocycles. The van der Waals surface area contributed by atoms with E-state index in [0.29, 0.717) is 38.2 Å². The van der Waals surface area contributed by atoms with Crippen molar-refractivity contribution in [2.75, 3.05) is 5.75 Å². The molecule has 0 aliphatic carbocycles. The predicted molar refractivity (Wildman–Crippen MR) is 163 cm³/mol. The van der Waals surface area contributed by atoms with Crippen LogP contribution in [0.15, 0.2) is 123 Å². The first kappa shape index (κ1) is 25.0. The quantitative estimate of drug-likeness (QED) is 0.175. The van der Waals surface area contributed by atoms with E-state index in [1.807, 2.05) is 97.9 Å². The molecular weight excluding hydrogens is 526 g/mol. The lowest BCUT2D eigenvalue weighted by Gasteiger charge is -2.15. The molecule has 0 spiro atoms. The van der Waals surface area contributed by atoms with Crippen molar-refractivity contribution in [3.05, 3.63) is 130 Å². The van der Waals surface area contributed by atoms with E-state index in [2.05, 4.69) is 15.2 Å². The van der Waals surface area contributed by atoms with E-state index in [0.717, 1.165) is 28.3 Å². The van der Waals surface area contributed by atoms with Crippen LogP contribution < -0.4 is 5.56 Å². The summed E-state index contributed by atoms with van der Waals surface area (Å²) >= 11 is 8.10. The van der Waals surface area contributed by atoms with Gasteiger partial charge >= 0.3 is 0 Å². The third-order valence-corrected chi connectivity index (χ3v) is 7.57. The number of fused-ring (bicyclic) bond motifs is 1. The van der Waals surface area contributed by atoms with Gasteiger partial charge in [0.05, 0.1) is 33.0 Å². The summed E-state index contributed by atoms with van der Waals surface area (Å²) in [6, 6.07) is 32.4. The molecule has 6 rings (SSSR count). The first-order chi connectivity index (χ1) is 19.1. The van der Waals surface area contributed by atoms with Crippen LogP contribution in [0.4, 0.5) is 0 Å². The third-order valence-electron chi connectivity index (χ3n) is 6.39. The van der Waals surface area contributed by atoms with Crippen LogP contribution in [-0.4, -0.2) is 31.9 Å². The Balaban J connectivity index is 1.35. The molecule has 5 aromatic rings. The zero-order chi connectivity index (χ0) is 26.8. The molecule has 6 nitrogen and oxygen atoms in total. The molecule has 0 bridgehead atoms. The fourth-order valence-electron chi connectivity index (χ4n) is 4.37. The molecule has 8 heteroatoms. The highest BCUT2D eigenvalue weighted by Gasteiger charge is 2.17. The van der Waals surface area contributed by atoms with Gasteiger partial charge in [-0.2, -0.15) is 5.10 Å². The van der Waals surface area contributed by atoms with Gasteiger partial charge in [0.25, 0.3) is 5.56 Å². The summed E-state index contributed by atoms with van der Waals surface area (Å²) in [4.78, 5) is 23.1. The number of benzene rings is 4. The third kappa shape index (κ3) is 5.06. The second-order valence-corrected chi connectivity index (χ2v) is 10.3. The van der Waals surface area contributed by atoms with Crippen molar-refractivity contribution in [2.45, 2.75) is 6.92 Å². The van der Waals surface area contributed by atoms with E-state index < -0.39 is 0 Å². The first-order valence-electron chi connectivity index (χ1n) is 12.3. The molecule has 0 unspecified atom stereocenters. The van der Waals surface area contributed by atoms with Crippen molar-refractivity contribution in [1.29, 1.82) is 0 Å². The van der Waals surface area contributed by atoms with Crippen molar-refractivity contribution in [3.63, 3.8) is 0 Å². The van der Waals surface area contributed by atoms with Crippen molar-refractivity contribution in [1.82, 2.24) is 9.55 Å². The molecule has 1 aliphatic heterocycles. The van der Waals surface area contributed by atoms with Crippen LogP contribution in [0.5, 0.6) is 0 Å². The zero-order valence-corrected chi connectivity index (χ0v) is 22.5. The number of hydrogen-bond donors (Lipinski definition) is 0. The molecule has 0 radical (unpaired) electrons. The van der Waals surface area contributed by atoms with E-state index in [-0.39, 0.29) is 5.56 Å². The number of hydrogen-bond acceptors (Lipinski definition) is 5. The highest BCUT2D eigenvalue weighted by Crippen LogP contribution is 2.28. The van der Waals surface area contributed by atoms with Gasteiger partial charge in [-0.05, 0) is 54.4 Å². The van der Waals surface area contributed by atoms with Crippen molar-refractivity contribution < 1.29 is 0 Å². The maximum absolute atomic E-state index is 13.7. The Morgan fingerprint density at radius 2 is 1.62 bits per heavy atom. The van der Waals surface area contributed by atoms with Crippen molar-refractivity contribution >= 4 is 50.9 Å². The summed E-state index contributed by atoms with van der Waals surface area (Å²) in [6.07, 6.45) is 0. The van der Waals surface area contributed by atoms with Gasteiger partial charge in [-0.3, -0.25) is 9.36 Å². The molecule has 4 aromatic carbocycles. The lowest BCUT2D eigenvalue weighted by Crippen LogP contribution is -2.22. The standard InChI is InChI=1S/C31H22ClN5OS/c1-20(35-36-31-34-28(19-39-31)22-9-3-2-4-10-22)21-15-17-23(18-16-21)37-29(24-11-5-7-13-26(24)32)33-27-14-8-6-12-25(27)30(37)38/h2-18H,19H2,1H3/b35-20+,36-31-. The van der Waals surface area contributed by atoms with Crippen LogP contribution in [0.2, 0.25) is 5.02 Å². The summed E-state index contributed by atoms with van der Waals surface area (Å²) in [5.41, 5.74) is 5.55. The number of rotatable bonds is 5. The highest BCUT2D eigenvalue weighted by atomic mass is 35.5. The molecule has 39 heavy (non-hydrogen) atoms. The maximum atomic E-state index is 13.7. The Labute approximate surface area is 234 Å². The van der Waals surface area contributed by atoms with Gasteiger partial charge in [-0.25, -0.2) is 9.98 Å². The Morgan fingerprint density at radius 3 is 2.41 bits per heavy atom. The minimum Gasteiger partial charge on any atom is -0.268 e. The van der Waals surface area contributed by atoms with Crippen LogP contribution in [0, 0.1) is 0 Å². The normalized spacial score (nSPS) is 14.7. The molecule has 0 saturated carbocycles. The van der Waals surface area contributed by atoms with E-state index in [9.17, 15) is 4.79 Å². The average molecular weight is 548 g/mol. The van der Waals surface area contributed by atoms with Crippen LogP contribution in [0.3, 0.4) is 0 Å². The summed E-state index contributed by atoms with van der Waals surface area (Å²) in [7, 11) is 0. The Bertz CT molecular complexity index is 1840. The minimum atomic E-state index is -0.162. The average Bonchev–Trinajstić information content (AvgIpc) is 3.46. The van der Waals surface area contributed by atoms with Gasteiger partial charge in [-0.15, -0.1) is 5.10 Å². The summed E-state index contributed by atoms with van der Waals surface area (Å²) < 4.78 is 1.61. The number of aliphatic imine (C=N–C) groups is 1. The summed E-state index contributed by atoms with van der Waals surface area (Å²) in [5, 5.41) is 10.5. The number of para-hydroxylation sites is 1. The zero-order valence-electron chi connectivity index (χ0n) is 21.0. The fraction of sp³-hybridized carbons (Fsp3) is 0.0645. The van der Waals surface area contributed by atoms with Crippen LogP contribution in [-0.2, 0) is 0 Å². The van der Waals surface area contributed by atoms with Gasteiger partial charge in [0, 0.05) is 11.3 Å². The summed E-state index contributed by atoms with van der Waals surface area (Å²) in [5.74, 6) is 1.26. The van der Waals surface area contributed by atoms with Gasteiger partial charge in [-0.1, -0.05) is 90.1 Å². The smallest absolute Gasteiger partial charge is 0.266 e.